The lowest BCUT2D eigenvalue weighted by Crippen LogP contribution is -2.02. The number of carbonyl (C=O) groups is 1. The predicted molar refractivity (Wildman–Crippen MR) is 70.2 cm³/mol. The summed E-state index contributed by atoms with van der Waals surface area (Å²) >= 11 is 0. The fourth-order valence-corrected chi connectivity index (χ4v) is 1.94. The van der Waals surface area contributed by atoms with Crippen molar-refractivity contribution in [2.45, 2.75) is 20.5 Å². The van der Waals surface area contributed by atoms with Gasteiger partial charge in [0.2, 0.25) is 0 Å². The first kappa shape index (κ1) is 13.1. The number of aromatic hydroxyl groups is 1. The molecule has 0 bridgehead atoms. The number of benzene rings is 1. The molecule has 0 unspecified atom stereocenters. The van der Waals surface area contributed by atoms with Crippen LogP contribution in [0.5, 0.6) is 11.5 Å². The van der Waals surface area contributed by atoms with E-state index in [1.165, 1.54) is 14.0 Å². The van der Waals surface area contributed by atoms with Crippen LogP contribution < -0.4 is 4.74 Å². The van der Waals surface area contributed by atoms with Crippen LogP contribution in [0, 0.1) is 6.92 Å². The molecule has 0 saturated carbocycles. The van der Waals surface area contributed by atoms with Crippen molar-refractivity contribution in [3.8, 4) is 11.5 Å². The zero-order chi connectivity index (χ0) is 14.0. The quantitative estimate of drug-likeness (QED) is 0.859. The molecular formula is C14H15NO4. The van der Waals surface area contributed by atoms with Crippen LogP contribution in [0.2, 0.25) is 0 Å². The predicted octanol–water partition coefficient (Wildman–Crippen LogP) is 2.32. The van der Waals surface area contributed by atoms with Crippen molar-refractivity contribution in [3.05, 3.63) is 29.6 Å². The van der Waals surface area contributed by atoms with E-state index in [1.54, 1.807) is 25.3 Å². The van der Waals surface area contributed by atoms with Crippen LogP contribution in [0.1, 0.15) is 18.2 Å². The van der Waals surface area contributed by atoms with E-state index in [0.717, 1.165) is 0 Å². The molecule has 0 aliphatic rings. The SMILES string of the molecule is COc1cc2c(COC(C)=O)nccc2c(O)c1C. The Morgan fingerprint density at radius 2 is 2.16 bits per heavy atom. The second kappa shape index (κ2) is 5.14. The van der Waals surface area contributed by atoms with Gasteiger partial charge >= 0.3 is 5.97 Å². The summed E-state index contributed by atoms with van der Waals surface area (Å²) in [6.45, 7) is 3.19. The lowest BCUT2D eigenvalue weighted by atomic mass is 10.0. The fraction of sp³-hybridized carbons (Fsp3) is 0.286. The summed E-state index contributed by atoms with van der Waals surface area (Å²) in [5.41, 5.74) is 1.25. The summed E-state index contributed by atoms with van der Waals surface area (Å²) in [5, 5.41) is 11.5. The highest BCUT2D eigenvalue weighted by molar-refractivity contribution is 5.92. The van der Waals surface area contributed by atoms with Crippen molar-refractivity contribution in [2.75, 3.05) is 7.11 Å². The maximum Gasteiger partial charge on any atom is 0.303 e. The summed E-state index contributed by atoms with van der Waals surface area (Å²) < 4.78 is 10.2. The molecule has 2 aromatic rings. The highest BCUT2D eigenvalue weighted by Crippen LogP contribution is 2.36. The number of hydrogen-bond donors (Lipinski definition) is 1. The Morgan fingerprint density at radius 1 is 1.42 bits per heavy atom. The molecule has 0 spiro atoms. The van der Waals surface area contributed by atoms with Crippen molar-refractivity contribution < 1.29 is 19.4 Å². The number of ether oxygens (including phenoxy) is 2. The highest BCUT2D eigenvalue weighted by atomic mass is 16.5. The standard InChI is InChI=1S/C14H15NO4/c1-8-13(18-3)6-11-10(14(8)17)4-5-15-12(11)7-19-9(2)16/h4-6,17H,7H2,1-3H3. The van der Waals surface area contributed by atoms with E-state index in [2.05, 4.69) is 4.98 Å². The largest absolute Gasteiger partial charge is 0.507 e. The third kappa shape index (κ3) is 2.45. The first-order valence-electron chi connectivity index (χ1n) is 5.82. The number of fused-ring (bicyclic) bond motifs is 1. The number of aromatic nitrogens is 1. The van der Waals surface area contributed by atoms with Crippen LogP contribution >= 0.6 is 0 Å². The third-order valence-corrected chi connectivity index (χ3v) is 2.96. The average Bonchev–Trinajstić information content (AvgIpc) is 2.40. The molecule has 19 heavy (non-hydrogen) atoms. The Kier molecular flexibility index (Phi) is 3.55. The summed E-state index contributed by atoms with van der Waals surface area (Å²) in [6.07, 6.45) is 1.58. The van der Waals surface area contributed by atoms with Crippen LogP contribution in [0.25, 0.3) is 10.8 Å². The van der Waals surface area contributed by atoms with Crippen molar-refractivity contribution in [1.29, 1.82) is 0 Å². The lowest BCUT2D eigenvalue weighted by molar-refractivity contribution is -0.142. The number of esters is 1. The molecule has 0 aliphatic heterocycles. The van der Waals surface area contributed by atoms with Crippen LogP contribution in [0.15, 0.2) is 18.3 Å². The summed E-state index contributed by atoms with van der Waals surface area (Å²) in [7, 11) is 1.54. The van der Waals surface area contributed by atoms with Crippen LogP contribution in [0.3, 0.4) is 0 Å². The van der Waals surface area contributed by atoms with Crippen LogP contribution in [-0.4, -0.2) is 23.2 Å². The van der Waals surface area contributed by atoms with Gasteiger partial charge in [0, 0.05) is 29.5 Å². The fourth-order valence-electron chi connectivity index (χ4n) is 1.94. The highest BCUT2D eigenvalue weighted by Gasteiger charge is 2.13. The number of phenols is 1. The molecule has 1 aromatic heterocycles. The summed E-state index contributed by atoms with van der Waals surface area (Å²) in [6, 6.07) is 3.50. The molecule has 1 N–H and O–H groups in total. The molecule has 5 nitrogen and oxygen atoms in total. The Hall–Kier alpha value is -2.30. The lowest BCUT2D eigenvalue weighted by Gasteiger charge is -2.12. The maximum absolute atomic E-state index is 10.9. The van der Waals surface area contributed by atoms with Gasteiger partial charge in [-0.2, -0.15) is 0 Å². The zero-order valence-corrected chi connectivity index (χ0v) is 11.1. The Balaban J connectivity index is 2.60. The van der Waals surface area contributed by atoms with Crippen LogP contribution in [-0.2, 0) is 16.1 Å². The molecule has 100 valence electrons. The zero-order valence-electron chi connectivity index (χ0n) is 11.1. The van der Waals surface area contributed by atoms with Crippen molar-refractivity contribution >= 4 is 16.7 Å². The van der Waals surface area contributed by atoms with E-state index in [0.29, 0.717) is 27.8 Å². The van der Waals surface area contributed by atoms with Gasteiger partial charge in [-0.1, -0.05) is 0 Å². The molecule has 0 fully saturated rings. The number of hydrogen-bond acceptors (Lipinski definition) is 5. The topological polar surface area (TPSA) is 68.7 Å². The van der Waals surface area contributed by atoms with E-state index in [4.69, 9.17) is 9.47 Å². The number of pyridine rings is 1. The van der Waals surface area contributed by atoms with Gasteiger partial charge in [0.05, 0.1) is 12.8 Å². The maximum atomic E-state index is 10.9. The second-order valence-corrected chi connectivity index (χ2v) is 4.19. The van der Waals surface area contributed by atoms with Gasteiger partial charge in [0.1, 0.15) is 18.1 Å². The van der Waals surface area contributed by atoms with E-state index < -0.39 is 0 Å². The average molecular weight is 261 g/mol. The molecule has 1 aromatic carbocycles. The second-order valence-electron chi connectivity index (χ2n) is 4.19. The minimum atomic E-state index is -0.373. The van der Waals surface area contributed by atoms with E-state index in [1.807, 2.05) is 0 Å². The summed E-state index contributed by atoms with van der Waals surface area (Å²) in [5.74, 6) is 0.352. The smallest absolute Gasteiger partial charge is 0.303 e. The molecule has 1 heterocycles. The molecule has 0 atom stereocenters. The van der Waals surface area contributed by atoms with Gasteiger partial charge in [-0.15, -0.1) is 0 Å². The van der Waals surface area contributed by atoms with Gasteiger partial charge in [-0.25, -0.2) is 0 Å². The van der Waals surface area contributed by atoms with E-state index in [9.17, 15) is 9.90 Å². The van der Waals surface area contributed by atoms with Gasteiger partial charge < -0.3 is 14.6 Å². The van der Waals surface area contributed by atoms with Crippen LogP contribution in [0.4, 0.5) is 0 Å². The minimum absolute atomic E-state index is 0.0678. The Morgan fingerprint density at radius 3 is 2.79 bits per heavy atom. The number of rotatable bonds is 3. The molecule has 0 amide bonds. The molecule has 2 rings (SSSR count). The molecule has 5 heteroatoms. The molecular weight excluding hydrogens is 246 g/mol. The number of methoxy groups -OCH3 is 1. The summed E-state index contributed by atoms with van der Waals surface area (Å²) in [4.78, 5) is 15.1. The van der Waals surface area contributed by atoms with Crippen molar-refractivity contribution in [2.24, 2.45) is 0 Å². The molecule has 0 radical (unpaired) electrons. The first-order valence-corrected chi connectivity index (χ1v) is 5.82. The number of carbonyl (C=O) groups excluding carboxylic acids is 1. The van der Waals surface area contributed by atoms with Gasteiger partial charge in [-0.3, -0.25) is 9.78 Å². The molecule has 0 saturated heterocycles. The number of phenolic OH excluding ortho intramolecular Hbond substituents is 1. The first-order chi connectivity index (χ1) is 9.04. The van der Waals surface area contributed by atoms with Gasteiger partial charge in [-0.05, 0) is 19.1 Å². The Bertz CT molecular complexity index is 637. The number of nitrogens with zero attached hydrogens (tertiary/aromatic N) is 1. The van der Waals surface area contributed by atoms with E-state index >= 15 is 0 Å². The monoisotopic (exact) mass is 261 g/mol. The Labute approximate surface area is 110 Å². The normalized spacial score (nSPS) is 10.5. The van der Waals surface area contributed by atoms with Crippen molar-refractivity contribution in [3.63, 3.8) is 0 Å². The van der Waals surface area contributed by atoms with Gasteiger partial charge in [0.25, 0.3) is 0 Å². The molecule has 0 aliphatic carbocycles. The van der Waals surface area contributed by atoms with E-state index in [-0.39, 0.29) is 18.3 Å². The van der Waals surface area contributed by atoms with Crippen molar-refractivity contribution in [1.82, 2.24) is 4.98 Å². The third-order valence-electron chi connectivity index (χ3n) is 2.96. The van der Waals surface area contributed by atoms with Gasteiger partial charge in [0.15, 0.2) is 0 Å². The minimum Gasteiger partial charge on any atom is -0.507 e.